The molecule has 2 amide bonds. The van der Waals surface area contributed by atoms with E-state index in [9.17, 15) is 19.5 Å². The molecule has 0 atom stereocenters. The number of urea groups is 1. The summed E-state index contributed by atoms with van der Waals surface area (Å²) in [4.78, 5) is 37.6. The third kappa shape index (κ3) is 4.42. The first-order chi connectivity index (χ1) is 14.7. The summed E-state index contributed by atoms with van der Waals surface area (Å²) in [6.45, 7) is 3.40. The number of aliphatic carboxylic acids is 1. The van der Waals surface area contributed by atoms with Gasteiger partial charge in [-0.25, -0.2) is 4.79 Å². The SMILES string of the molecule is Cc1noc(C)c1-c1cccc(N(C(=O)NCCC(=O)O)c2c(O)ccn(C)c2=O)c1. The first kappa shape index (κ1) is 21.6. The number of hydrogen-bond donors (Lipinski definition) is 3. The Kier molecular flexibility index (Phi) is 6.10. The predicted octanol–water partition coefficient (Wildman–Crippen LogP) is 2.69. The lowest BCUT2D eigenvalue weighted by atomic mass is 10.0. The maximum absolute atomic E-state index is 13.0. The van der Waals surface area contributed by atoms with Crippen LogP contribution in [0.25, 0.3) is 11.1 Å². The Bertz CT molecular complexity index is 1180. The van der Waals surface area contributed by atoms with Gasteiger partial charge in [0.25, 0.3) is 5.56 Å². The van der Waals surface area contributed by atoms with Crippen LogP contribution in [-0.4, -0.2) is 38.5 Å². The van der Waals surface area contributed by atoms with E-state index in [0.717, 1.165) is 10.5 Å². The second kappa shape index (κ2) is 8.74. The molecule has 0 spiro atoms. The van der Waals surface area contributed by atoms with Crippen molar-refractivity contribution >= 4 is 23.4 Å². The zero-order valence-corrected chi connectivity index (χ0v) is 17.2. The highest BCUT2D eigenvalue weighted by atomic mass is 16.5. The van der Waals surface area contributed by atoms with Crippen LogP contribution in [-0.2, 0) is 11.8 Å². The Morgan fingerprint density at radius 2 is 2.00 bits per heavy atom. The number of nitrogens with zero attached hydrogens (tertiary/aromatic N) is 3. The van der Waals surface area contributed by atoms with E-state index >= 15 is 0 Å². The molecule has 0 saturated carbocycles. The number of anilines is 2. The number of aromatic nitrogens is 2. The number of carbonyl (C=O) groups excluding carboxylic acids is 1. The van der Waals surface area contributed by atoms with E-state index in [1.165, 1.54) is 23.9 Å². The van der Waals surface area contributed by atoms with E-state index < -0.39 is 17.6 Å². The molecule has 2 aromatic heterocycles. The average molecular weight is 426 g/mol. The first-order valence-electron chi connectivity index (χ1n) is 9.42. The van der Waals surface area contributed by atoms with Crippen molar-refractivity contribution in [2.24, 2.45) is 7.05 Å². The Morgan fingerprint density at radius 1 is 1.26 bits per heavy atom. The Morgan fingerprint density at radius 3 is 2.65 bits per heavy atom. The van der Waals surface area contributed by atoms with Gasteiger partial charge in [-0.15, -0.1) is 0 Å². The van der Waals surface area contributed by atoms with Crippen molar-refractivity contribution in [1.29, 1.82) is 0 Å². The van der Waals surface area contributed by atoms with Crippen LogP contribution in [0.4, 0.5) is 16.2 Å². The second-order valence-corrected chi connectivity index (χ2v) is 6.93. The smallest absolute Gasteiger partial charge is 0.326 e. The Labute approximate surface area is 177 Å². The van der Waals surface area contributed by atoms with Gasteiger partial charge in [-0.1, -0.05) is 17.3 Å². The number of carbonyl (C=O) groups is 2. The molecule has 0 bridgehead atoms. The third-order valence-corrected chi connectivity index (χ3v) is 4.69. The summed E-state index contributed by atoms with van der Waals surface area (Å²) < 4.78 is 6.45. The highest BCUT2D eigenvalue weighted by molar-refractivity contribution is 6.01. The van der Waals surface area contributed by atoms with Crippen molar-refractivity contribution in [3.63, 3.8) is 0 Å². The van der Waals surface area contributed by atoms with Crippen LogP contribution in [0.5, 0.6) is 5.75 Å². The van der Waals surface area contributed by atoms with Crippen molar-refractivity contribution in [3.8, 4) is 16.9 Å². The van der Waals surface area contributed by atoms with E-state index in [-0.39, 0.29) is 24.4 Å². The largest absolute Gasteiger partial charge is 0.505 e. The zero-order chi connectivity index (χ0) is 22.7. The number of carboxylic acids is 1. The van der Waals surface area contributed by atoms with Gasteiger partial charge in [-0.05, 0) is 37.6 Å². The van der Waals surface area contributed by atoms with Gasteiger partial charge in [-0.2, -0.15) is 0 Å². The lowest BCUT2D eigenvalue weighted by molar-refractivity contribution is -0.136. The molecule has 31 heavy (non-hydrogen) atoms. The van der Waals surface area contributed by atoms with Crippen molar-refractivity contribution < 1.29 is 24.3 Å². The molecule has 3 N–H and O–H groups in total. The molecule has 0 aliphatic heterocycles. The van der Waals surface area contributed by atoms with Crippen LogP contribution >= 0.6 is 0 Å². The maximum atomic E-state index is 13.0. The topological polar surface area (TPSA) is 138 Å². The normalized spacial score (nSPS) is 10.7. The molecule has 0 radical (unpaired) electrons. The maximum Gasteiger partial charge on any atom is 0.326 e. The number of rotatable bonds is 6. The number of aromatic hydroxyl groups is 1. The number of benzene rings is 1. The fourth-order valence-electron chi connectivity index (χ4n) is 3.21. The lowest BCUT2D eigenvalue weighted by Gasteiger charge is -2.24. The van der Waals surface area contributed by atoms with Gasteiger partial charge >= 0.3 is 12.0 Å². The first-order valence-corrected chi connectivity index (χ1v) is 9.42. The summed E-state index contributed by atoms with van der Waals surface area (Å²) in [6.07, 6.45) is 1.08. The van der Waals surface area contributed by atoms with Gasteiger partial charge < -0.3 is 24.6 Å². The number of nitrogens with one attached hydrogen (secondary N) is 1. The fraction of sp³-hybridized carbons (Fsp3) is 0.238. The summed E-state index contributed by atoms with van der Waals surface area (Å²) in [7, 11) is 1.49. The molecule has 2 heterocycles. The van der Waals surface area contributed by atoms with E-state index in [4.69, 9.17) is 9.63 Å². The van der Waals surface area contributed by atoms with Crippen molar-refractivity contribution in [2.45, 2.75) is 20.3 Å². The van der Waals surface area contributed by atoms with Gasteiger partial charge in [0.05, 0.1) is 17.8 Å². The van der Waals surface area contributed by atoms with Gasteiger partial charge in [0.1, 0.15) is 11.5 Å². The number of pyridine rings is 1. The summed E-state index contributed by atoms with van der Waals surface area (Å²) in [5, 5.41) is 25.7. The van der Waals surface area contributed by atoms with Crippen LogP contribution in [0, 0.1) is 13.8 Å². The van der Waals surface area contributed by atoms with Crippen LogP contribution in [0.3, 0.4) is 0 Å². The van der Waals surface area contributed by atoms with Gasteiger partial charge in [-0.3, -0.25) is 14.5 Å². The summed E-state index contributed by atoms with van der Waals surface area (Å²) >= 11 is 0. The quantitative estimate of drug-likeness (QED) is 0.551. The van der Waals surface area contributed by atoms with E-state index in [0.29, 0.717) is 22.7 Å². The molecule has 3 aromatic rings. The summed E-state index contributed by atoms with van der Waals surface area (Å²) in [5.74, 6) is -0.879. The molecule has 10 nitrogen and oxygen atoms in total. The van der Waals surface area contributed by atoms with Gasteiger partial charge in [0, 0.05) is 25.4 Å². The minimum atomic E-state index is -1.08. The molecule has 0 unspecified atom stereocenters. The number of aryl methyl sites for hydroxylation is 3. The van der Waals surface area contributed by atoms with Crippen molar-refractivity contribution in [3.05, 3.63) is 58.3 Å². The molecule has 0 fully saturated rings. The van der Waals surface area contributed by atoms with Crippen molar-refractivity contribution in [2.75, 3.05) is 11.4 Å². The highest BCUT2D eigenvalue weighted by Gasteiger charge is 2.25. The molecule has 1 aromatic carbocycles. The predicted molar refractivity (Wildman–Crippen MR) is 113 cm³/mol. The molecular weight excluding hydrogens is 404 g/mol. The average Bonchev–Trinajstić information content (AvgIpc) is 3.06. The minimum absolute atomic E-state index is 0.151. The number of carboxylic acid groups (broad SMARTS) is 1. The van der Waals surface area contributed by atoms with Crippen LogP contribution in [0.15, 0.2) is 45.8 Å². The summed E-state index contributed by atoms with van der Waals surface area (Å²) in [6, 6.07) is 7.31. The van der Waals surface area contributed by atoms with Gasteiger partial charge in [0.15, 0.2) is 5.69 Å². The number of hydrogen-bond acceptors (Lipinski definition) is 6. The third-order valence-electron chi connectivity index (χ3n) is 4.69. The van der Waals surface area contributed by atoms with Crippen molar-refractivity contribution in [1.82, 2.24) is 15.0 Å². The van der Waals surface area contributed by atoms with E-state index in [1.807, 2.05) is 0 Å². The number of amides is 2. The lowest BCUT2D eigenvalue weighted by Crippen LogP contribution is -2.41. The van der Waals surface area contributed by atoms with Crippen LogP contribution in [0.2, 0.25) is 0 Å². The molecular formula is C21H22N4O6. The van der Waals surface area contributed by atoms with E-state index in [1.54, 1.807) is 38.1 Å². The van der Waals surface area contributed by atoms with Crippen LogP contribution in [0.1, 0.15) is 17.9 Å². The van der Waals surface area contributed by atoms with Gasteiger partial charge in [0.2, 0.25) is 0 Å². The Hall–Kier alpha value is -4.08. The highest BCUT2D eigenvalue weighted by Crippen LogP contribution is 2.34. The summed E-state index contributed by atoms with van der Waals surface area (Å²) in [5.41, 5.74) is 1.54. The second-order valence-electron chi connectivity index (χ2n) is 6.93. The Balaban J connectivity index is 2.13. The molecule has 162 valence electrons. The monoisotopic (exact) mass is 426 g/mol. The van der Waals surface area contributed by atoms with Crippen LogP contribution < -0.4 is 15.8 Å². The molecule has 0 saturated heterocycles. The molecule has 10 heteroatoms. The molecule has 0 aliphatic rings. The van der Waals surface area contributed by atoms with E-state index in [2.05, 4.69) is 10.5 Å². The minimum Gasteiger partial charge on any atom is -0.505 e. The molecule has 0 aliphatic carbocycles. The zero-order valence-electron chi connectivity index (χ0n) is 17.2. The standard InChI is InChI=1S/C21H22N4O6/c1-12-18(13(2)31-23-12)14-5-4-6-15(11-14)25(21(30)22-9-7-17(27)28)19-16(26)8-10-24(3)20(19)29/h4-6,8,10-11,26H,7,9H2,1-3H3,(H,22,30)(H,27,28). The fourth-order valence-corrected chi connectivity index (χ4v) is 3.21. The molecule has 3 rings (SSSR count).